The Bertz CT molecular complexity index is 343. The summed E-state index contributed by atoms with van der Waals surface area (Å²) >= 11 is 1.69. The van der Waals surface area contributed by atoms with Crippen LogP contribution in [-0.2, 0) is 0 Å². The van der Waals surface area contributed by atoms with Gasteiger partial charge in [-0.2, -0.15) is 0 Å². The molecule has 1 heterocycles. The molecule has 0 atom stereocenters. The molecule has 0 aliphatic carbocycles. The largest absolute Gasteiger partial charge is 0.233 e. The van der Waals surface area contributed by atoms with E-state index in [4.69, 9.17) is 0 Å². The molecular weight excluding hydrogens is 194 g/mol. The second-order valence-corrected chi connectivity index (χ2v) is 10.1. The van der Waals surface area contributed by atoms with Gasteiger partial charge in [0, 0.05) is 4.88 Å². The smallest absolute Gasteiger partial charge is 0.166 e. The van der Waals surface area contributed by atoms with Crippen molar-refractivity contribution in [2.24, 2.45) is 0 Å². The Morgan fingerprint density at radius 1 is 1.23 bits per heavy atom. The van der Waals surface area contributed by atoms with Crippen LogP contribution in [0.5, 0.6) is 0 Å². The van der Waals surface area contributed by atoms with Gasteiger partial charge in [0.25, 0.3) is 0 Å². The Hall–Kier alpha value is -0.593. The quantitative estimate of drug-likeness (QED) is 0.473. The van der Waals surface area contributed by atoms with Crippen molar-refractivity contribution in [1.82, 2.24) is 4.98 Å². The Morgan fingerprint density at radius 2 is 1.85 bits per heavy atom. The van der Waals surface area contributed by atoms with Crippen LogP contribution in [0.1, 0.15) is 15.6 Å². The summed E-state index contributed by atoms with van der Waals surface area (Å²) < 4.78 is 0. The predicted molar refractivity (Wildman–Crippen MR) is 61.8 cm³/mol. The number of aryl methyl sites for hydroxylation is 2. The van der Waals surface area contributed by atoms with Gasteiger partial charge >= 0.3 is 0 Å². The molecule has 0 N–H and O–H groups in total. The van der Waals surface area contributed by atoms with Crippen LogP contribution >= 0.6 is 11.3 Å². The first-order chi connectivity index (χ1) is 5.88. The van der Waals surface area contributed by atoms with Gasteiger partial charge < -0.3 is 0 Å². The van der Waals surface area contributed by atoms with E-state index in [2.05, 4.69) is 43.0 Å². The van der Waals surface area contributed by atoms with E-state index >= 15 is 0 Å². The minimum absolute atomic E-state index is 0.970. The number of hydrogen-bond acceptors (Lipinski definition) is 2. The fourth-order valence-corrected chi connectivity index (χ4v) is 2.12. The molecule has 0 unspecified atom stereocenters. The normalized spacial score (nSPS) is 10.8. The van der Waals surface area contributed by atoms with Gasteiger partial charge in [0.1, 0.15) is 8.07 Å². The number of aromatic nitrogens is 1. The van der Waals surface area contributed by atoms with E-state index in [0.29, 0.717) is 0 Å². The lowest BCUT2D eigenvalue weighted by molar-refractivity contribution is 1.22. The first-order valence-corrected chi connectivity index (χ1v) is 8.67. The molecule has 3 heteroatoms. The van der Waals surface area contributed by atoms with Crippen molar-refractivity contribution in [3.05, 3.63) is 15.6 Å². The summed E-state index contributed by atoms with van der Waals surface area (Å²) in [6.45, 7) is 10.9. The Morgan fingerprint density at radius 3 is 2.23 bits per heavy atom. The van der Waals surface area contributed by atoms with Crippen molar-refractivity contribution in [3.63, 3.8) is 0 Å². The van der Waals surface area contributed by atoms with Gasteiger partial charge in [-0.3, -0.25) is 0 Å². The van der Waals surface area contributed by atoms with E-state index in [-0.39, 0.29) is 0 Å². The second-order valence-electron chi connectivity index (χ2n) is 4.16. The van der Waals surface area contributed by atoms with Crippen LogP contribution in [0.4, 0.5) is 0 Å². The molecule has 1 rings (SSSR count). The summed E-state index contributed by atoms with van der Waals surface area (Å²) in [4.78, 5) is 5.66. The van der Waals surface area contributed by atoms with Crippen LogP contribution in [0.3, 0.4) is 0 Å². The molecule has 1 aromatic rings. The molecule has 13 heavy (non-hydrogen) atoms. The monoisotopic (exact) mass is 209 g/mol. The third-order valence-electron chi connectivity index (χ3n) is 1.57. The van der Waals surface area contributed by atoms with E-state index in [1.165, 1.54) is 4.88 Å². The molecule has 0 saturated carbocycles. The van der Waals surface area contributed by atoms with Crippen LogP contribution < -0.4 is 0 Å². The van der Waals surface area contributed by atoms with E-state index in [1.54, 1.807) is 11.3 Å². The maximum absolute atomic E-state index is 4.38. The Labute approximate surface area is 85.2 Å². The highest BCUT2D eigenvalue weighted by atomic mass is 32.1. The molecule has 1 nitrogen and oxygen atoms in total. The highest BCUT2D eigenvalue weighted by Gasteiger charge is 2.08. The topological polar surface area (TPSA) is 12.9 Å². The molecule has 0 aliphatic heterocycles. The summed E-state index contributed by atoms with van der Waals surface area (Å²) in [5.41, 5.74) is 4.43. The zero-order chi connectivity index (χ0) is 10.1. The fraction of sp³-hybridized carbons (Fsp3) is 0.500. The summed E-state index contributed by atoms with van der Waals surface area (Å²) in [7, 11) is -1.24. The lowest BCUT2D eigenvalue weighted by Gasteiger charge is -2.02. The van der Waals surface area contributed by atoms with Crippen molar-refractivity contribution in [2.45, 2.75) is 33.5 Å². The minimum atomic E-state index is -1.24. The summed E-state index contributed by atoms with van der Waals surface area (Å²) in [5, 5.41) is 0.970. The maximum atomic E-state index is 4.38. The minimum Gasteiger partial charge on any atom is -0.233 e. The van der Waals surface area contributed by atoms with Gasteiger partial charge in [-0.25, -0.2) is 4.98 Å². The third kappa shape index (κ3) is 3.33. The number of thiazole rings is 1. The first-order valence-electron chi connectivity index (χ1n) is 4.36. The van der Waals surface area contributed by atoms with Gasteiger partial charge in [-0.15, -0.1) is 16.9 Å². The van der Waals surface area contributed by atoms with Crippen molar-refractivity contribution in [3.8, 4) is 11.5 Å². The highest BCUT2D eigenvalue weighted by Crippen LogP contribution is 2.15. The molecule has 0 aliphatic rings. The van der Waals surface area contributed by atoms with E-state index in [1.807, 2.05) is 6.92 Å². The Kier molecular flexibility index (Phi) is 2.94. The van der Waals surface area contributed by atoms with Crippen LogP contribution in [-0.4, -0.2) is 13.1 Å². The molecule has 0 saturated heterocycles. The second kappa shape index (κ2) is 3.65. The molecule has 0 amide bonds. The van der Waals surface area contributed by atoms with E-state index in [9.17, 15) is 0 Å². The summed E-state index contributed by atoms with van der Waals surface area (Å²) in [6, 6.07) is 0. The predicted octanol–water partition coefficient (Wildman–Crippen LogP) is 2.99. The lowest BCUT2D eigenvalue weighted by Crippen LogP contribution is -2.16. The van der Waals surface area contributed by atoms with Crippen molar-refractivity contribution < 1.29 is 0 Å². The van der Waals surface area contributed by atoms with Crippen LogP contribution in [0.2, 0.25) is 19.6 Å². The van der Waals surface area contributed by atoms with Crippen LogP contribution in [0.25, 0.3) is 0 Å². The van der Waals surface area contributed by atoms with Crippen molar-refractivity contribution in [1.29, 1.82) is 0 Å². The van der Waals surface area contributed by atoms with Crippen LogP contribution in [0.15, 0.2) is 0 Å². The number of hydrogen-bond donors (Lipinski definition) is 0. The summed E-state index contributed by atoms with van der Waals surface area (Å²) in [5.74, 6) is 3.17. The molecule has 0 fully saturated rings. The van der Waals surface area contributed by atoms with E-state index in [0.717, 1.165) is 10.7 Å². The van der Waals surface area contributed by atoms with Gasteiger partial charge in [-0.05, 0) is 19.8 Å². The zero-order valence-electron chi connectivity index (χ0n) is 8.86. The Balaban J connectivity index is 2.91. The molecule has 1 aromatic heterocycles. The molecule has 0 radical (unpaired) electrons. The number of rotatable bonds is 0. The SMILES string of the molecule is Cc1nc(C#C[Si](C)(C)C)sc1C. The molecular formula is C10H15NSSi. The van der Waals surface area contributed by atoms with E-state index < -0.39 is 8.07 Å². The fourth-order valence-electron chi connectivity index (χ4n) is 0.767. The van der Waals surface area contributed by atoms with Gasteiger partial charge in [0.2, 0.25) is 0 Å². The molecule has 70 valence electrons. The van der Waals surface area contributed by atoms with Gasteiger partial charge in [-0.1, -0.05) is 19.6 Å². The zero-order valence-corrected chi connectivity index (χ0v) is 10.7. The van der Waals surface area contributed by atoms with Crippen molar-refractivity contribution >= 4 is 19.4 Å². The number of nitrogens with zero attached hydrogens (tertiary/aromatic N) is 1. The maximum Gasteiger partial charge on any atom is 0.166 e. The third-order valence-corrected chi connectivity index (χ3v) is 3.44. The summed E-state index contributed by atoms with van der Waals surface area (Å²) in [6.07, 6.45) is 0. The average Bonchev–Trinajstić information content (AvgIpc) is 2.27. The first kappa shape index (κ1) is 10.5. The highest BCUT2D eigenvalue weighted by molar-refractivity contribution is 7.12. The van der Waals surface area contributed by atoms with Crippen LogP contribution in [0, 0.1) is 25.3 Å². The van der Waals surface area contributed by atoms with Crippen molar-refractivity contribution in [2.75, 3.05) is 0 Å². The molecule has 0 spiro atoms. The van der Waals surface area contributed by atoms with Gasteiger partial charge in [0.15, 0.2) is 5.01 Å². The standard InChI is InChI=1S/C10H15NSSi/c1-8-9(2)12-10(11-8)6-7-13(3,4)5/h1-5H3. The lowest BCUT2D eigenvalue weighted by atomic mass is 10.4. The molecule has 0 bridgehead atoms. The average molecular weight is 209 g/mol. The van der Waals surface area contributed by atoms with Gasteiger partial charge in [0.05, 0.1) is 5.69 Å². The molecule has 0 aromatic carbocycles.